The number of imide groups is 1. The summed E-state index contributed by atoms with van der Waals surface area (Å²) in [6.07, 6.45) is 24.1. The van der Waals surface area contributed by atoms with Crippen LogP contribution in [0.2, 0.25) is 5.02 Å². The van der Waals surface area contributed by atoms with Crippen LogP contribution < -0.4 is 10.6 Å². The zero-order chi connectivity index (χ0) is 23.9. The number of allylic oxidation sites excluding steroid dienone is 1. The molecule has 1 atom stereocenters. The second-order valence-corrected chi connectivity index (χ2v) is 9.80. The number of hydrogen-bond donors (Lipinski definition) is 1. The molecular formula is C28H43ClN2O2. The predicted octanol–water partition coefficient (Wildman–Crippen LogP) is 8.23. The van der Waals surface area contributed by atoms with Gasteiger partial charge in [0.2, 0.25) is 11.8 Å². The van der Waals surface area contributed by atoms with Crippen LogP contribution in [0, 0.1) is 5.92 Å². The summed E-state index contributed by atoms with van der Waals surface area (Å²) in [5.41, 5.74) is 6.68. The maximum absolute atomic E-state index is 12.7. The van der Waals surface area contributed by atoms with Crippen LogP contribution >= 0.6 is 11.6 Å². The first-order valence-electron chi connectivity index (χ1n) is 13.1. The Morgan fingerprint density at radius 1 is 0.909 bits per heavy atom. The minimum absolute atomic E-state index is 0.182. The number of rotatable bonds is 17. The second kappa shape index (κ2) is 15.9. The number of nitrogens with two attached hydrogens (primary N) is 1. The number of anilines is 2. The van der Waals surface area contributed by atoms with Crippen LogP contribution in [-0.2, 0) is 9.59 Å². The van der Waals surface area contributed by atoms with E-state index in [1.807, 2.05) is 6.08 Å². The molecule has 2 rings (SSSR count). The van der Waals surface area contributed by atoms with Crippen molar-refractivity contribution in [3.63, 3.8) is 0 Å². The van der Waals surface area contributed by atoms with Crippen LogP contribution in [-0.4, -0.2) is 11.8 Å². The van der Waals surface area contributed by atoms with Gasteiger partial charge in [-0.05, 0) is 31.0 Å². The molecule has 1 heterocycles. The molecule has 0 spiro atoms. The first-order valence-corrected chi connectivity index (χ1v) is 13.5. The number of halogens is 1. The fourth-order valence-corrected chi connectivity index (χ4v) is 4.58. The van der Waals surface area contributed by atoms with Gasteiger partial charge in [-0.25, -0.2) is 4.90 Å². The molecule has 5 heteroatoms. The average molecular weight is 475 g/mol. The van der Waals surface area contributed by atoms with Gasteiger partial charge in [-0.15, -0.1) is 0 Å². The van der Waals surface area contributed by atoms with Crippen LogP contribution in [0.4, 0.5) is 11.4 Å². The third-order valence-electron chi connectivity index (χ3n) is 6.51. The van der Waals surface area contributed by atoms with E-state index in [-0.39, 0.29) is 24.2 Å². The second-order valence-electron chi connectivity index (χ2n) is 9.40. The average Bonchev–Trinajstić information content (AvgIpc) is 3.08. The monoisotopic (exact) mass is 474 g/mol. The Bertz CT molecular complexity index is 762. The van der Waals surface area contributed by atoms with Crippen molar-refractivity contribution in [2.75, 3.05) is 10.6 Å². The molecule has 1 aromatic carbocycles. The third kappa shape index (κ3) is 9.92. The SMILES string of the molecule is CCCCCCCCCCCCCCCC/C=C/C1CC(=O)N(c2ccc(Cl)c(N)c2)C1=O. The molecule has 1 aromatic rings. The van der Waals surface area contributed by atoms with Crippen molar-refractivity contribution >= 4 is 34.8 Å². The Hall–Kier alpha value is -1.81. The highest BCUT2D eigenvalue weighted by molar-refractivity contribution is 6.33. The number of amides is 2. The van der Waals surface area contributed by atoms with Gasteiger partial charge >= 0.3 is 0 Å². The highest BCUT2D eigenvalue weighted by atomic mass is 35.5. The maximum Gasteiger partial charge on any atom is 0.241 e. The minimum Gasteiger partial charge on any atom is -0.397 e. The maximum atomic E-state index is 12.7. The molecule has 2 amide bonds. The standard InChI is InChI=1S/C28H43ClN2O2/c1-2-3-4-5-6-7-8-9-10-11-12-13-14-15-16-17-18-23-21-27(32)31(28(23)33)24-19-20-25(29)26(30)22-24/h17-20,22-23H,2-16,21,30H2,1H3/b18-17+. The van der Waals surface area contributed by atoms with Gasteiger partial charge in [-0.3, -0.25) is 9.59 Å². The first kappa shape index (κ1) is 27.4. The van der Waals surface area contributed by atoms with Crippen molar-refractivity contribution < 1.29 is 9.59 Å². The van der Waals surface area contributed by atoms with E-state index in [2.05, 4.69) is 13.0 Å². The largest absolute Gasteiger partial charge is 0.397 e. The van der Waals surface area contributed by atoms with Crippen LogP contribution in [0.3, 0.4) is 0 Å². The van der Waals surface area contributed by atoms with E-state index in [4.69, 9.17) is 17.3 Å². The lowest BCUT2D eigenvalue weighted by atomic mass is 10.0. The molecule has 184 valence electrons. The van der Waals surface area contributed by atoms with Crippen molar-refractivity contribution in [3.8, 4) is 0 Å². The molecule has 1 unspecified atom stereocenters. The summed E-state index contributed by atoms with van der Waals surface area (Å²) in [7, 11) is 0. The van der Waals surface area contributed by atoms with Crippen molar-refractivity contribution in [2.45, 2.75) is 110 Å². The van der Waals surface area contributed by atoms with Gasteiger partial charge in [0.25, 0.3) is 0 Å². The molecule has 4 nitrogen and oxygen atoms in total. The summed E-state index contributed by atoms with van der Waals surface area (Å²) in [5, 5.41) is 0.419. The van der Waals surface area contributed by atoms with Crippen molar-refractivity contribution in [2.24, 2.45) is 5.92 Å². The number of nitrogens with zero attached hydrogens (tertiary/aromatic N) is 1. The molecule has 2 N–H and O–H groups in total. The molecule has 33 heavy (non-hydrogen) atoms. The summed E-state index contributed by atoms with van der Waals surface area (Å²) in [6.45, 7) is 2.27. The van der Waals surface area contributed by atoms with Crippen LogP contribution in [0.15, 0.2) is 30.4 Å². The van der Waals surface area contributed by atoms with E-state index < -0.39 is 0 Å². The zero-order valence-corrected chi connectivity index (χ0v) is 21.3. The van der Waals surface area contributed by atoms with E-state index in [0.717, 1.165) is 12.8 Å². The van der Waals surface area contributed by atoms with E-state index >= 15 is 0 Å². The van der Waals surface area contributed by atoms with Crippen LogP contribution in [0.5, 0.6) is 0 Å². The van der Waals surface area contributed by atoms with E-state index in [0.29, 0.717) is 16.4 Å². The van der Waals surface area contributed by atoms with Gasteiger partial charge in [-0.1, -0.05) is 114 Å². The van der Waals surface area contributed by atoms with Gasteiger partial charge in [0.15, 0.2) is 0 Å². The summed E-state index contributed by atoms with van der Waals surface area (Å²) in [4.78, 5) is 26.3. The van der Waals surface area contributed by atoms with E-state index in [1.165, 1.54) is 88.4 Å². The van der Waals surface area contributed by atoms with Gasteiger partial charge in [0, 0.05) is 6.42 Å². The molecule has 0 radical (unpaired) electrons. The number of carbonyl (C=O) groups is 2. The molecule has 1 aliphatic rings. The van der Waals surface area contributed by atoms with Gasteiger partial charge < -0.3 is 5.73 Å². The molecule has 0 aromatic heterocycles. The number of benzene rings is 1. The lowest BCUT2D eigenvalue weighted by Gasteiger charge is -2.15. The quantitative estimate of drug-likeness (QED) is 0.107. The fraction of sp³-hybridized carbons (Fsp3) is 0.643. The molecule has 0 aliphatic carbocycles. The third-order valence-corrected chi connectivity index (χ3v) is 6.86. The van der Waals surface area contributed by atoms with Gasteiger partial charge in [-0.2, -0.15) is 0 Å². The predicted molar refractivity (Wildman–Crippen MR) is 141 cm³/mol. The zero-order valence-electron chi connectivity index (χ0n) is 20.5. The van der Waals surface area contributed by atoms with Crippen LogP contribution in [0.1, 0.15) is 110 Å². The molecule has 1 fully saturated rings. The Balaban J connectivity index is 1.51. The number of nitrogen functional groups attached to an aromatic ring is 1. The topological polar surface area (TPSA) is 63.4 Å². The molecule has 1 aliphatic heterocycles. The van der Waals surface area contributed by atoms with E-state index in [1.54, 1.807) is 18.2 Å². The Morgan fingerprint density at radius 2 is 1.45 bits per heavy atom. The summed E-state index contributed by atoms with van der Waals surface area (Å²) >= 11 is 5.95. The lowest BCUT2D eigenvalue weighted by Crippen LogP contribution is -2.30. The van der Waals surface area contributed by atoms with Crippen molar-refractivity contribution in [3.05, 3.63) is 35.4 Å². The molecule has 0 saturated carbocycles. The lowest BCUT2D eigenvalue weighted by molar-refractivity contribution is -0.121. The van der Waals surface area contributed by atoms with E-state index in [9.17, 15) is 9.59 Å². The van der Waals surface area contributed by atoms with Gasteiger partial charge in [0.05, 0.1) is 22.3 Å². The smallest absolute Gasteiger partial charge is 0.241 e. The fourth-order valence-electron chi connectivity index (χ4n) is 4.46. The Kier molecular flexibility index (Phi) is 13.2. The number of unbranched alkanes of at least 4 members (excludes halogenated alkanes) is 14. The highest BCUT2D eigenvalue weighted by Gasteiger charge is 2.38. The summed E-state index contributed by atoms with van der Waals surface area (Å²) < 4.78 is 0. The van der Waals surface area contributed by atoms with Gasteiger partial charge in [0.1, 0.15) is 0 Å². The summed E-state index contributed by atoms with van der Waals surface area (Å²) in [5.74, 6) is -0.743. The van der Waals surface area contributed by atoms with Crippen molar-refractivity contribution in [1.29, 1.82) is 0 Å². The van der Waals surface area contributed by atoms with Crippen LogP contribution in [0.25, 0.3) is 0 Å². The first-order chi connectivity index (χ1) is 16.0. The molecule has 0 bridgehead atoms. The Labute approximate surface area is 205 Å². The number of hydrogen-bond acceptors (Lipinski definition) is 3. The highest BCUT2D eigenvalue weighted by Crippen LogP contribution is 2.31. The summed E-state index contributed by atoms with van der Waals surface area (Å²) in [6, 6.07) is 4.86. The minimum atomic E-state index is -0.374. The normalized spacial score (nSPS) is 16.4. The Morgan fingerprint density at radius 3 is 2.00 bits per heavy atom. The molecular weight excluding hydrogens is 432 g/mol. The molecule has 1 saturated heterocycles. The van der Waals surface area contributed by atoms with Crippen molar-refractivity contribution in [1.82, 2.24) is 0 Å². The number of carbonyl (C=O) groups excluding carboxylic acids is 2.